The summed E-state index contributed by atoms with van der Waals surface area (Å²) in [4.78, 5) is 14.5. The van der Waals surface area contributed by atoms with Crippen molar-refractivity contribution in [2.75, 3.05) is 18.5 Å². The molecule has 1 aromatic rings. The molecule has 2 rings (SSSR count). The number of nitrogen functional groups attached to an aromatic ring is 1. The van der Waals surface area contributed by atoms with Gasteiger partial charge in [-0.3, -0.25) is 10.6 Å². The number of hydrogen-bond donors (Lipinski definition) is 2. The number of rotatable bonds is 5. The number of nitrogens with one attached hydrogen (secondary N) is 1. The molecule has 0 heterocycles. The van der Waals surface area contributed by atoms with Crippen LogP contribution in [-0.2, 0) is 0 Å². The zero-order valence-electron chi connectivity index (χ0n) is 11.8. The molecule has 0 unspecified atom stereocenters. The van der Waals surface area contributed by atoms with Crippen LogP contribution in [0.1, 0.15) is 42.1 Å². The van der Waals surface area contributed by atoms with Crippen molar-refractivity contribution >= 4 is 11.6 Å². The smallest absolute Gasteiger partial charge is 0.256 e. The molecule has 4 heteroatoms. The van der Waals surface area contributed by atoms with E-state index in [1.165, 1.54) is 19.3 Å². The van der Waals surface area contributed by atoms with Crippen molar-refractivity contribution in [1.29, 1.82) is 0 Å². The molecule has 1 aromatic carbocycles. The Morgan fingerprint density at radius 3 is 2.74 bits per heavy atom. The van der Waals surface area contributed by atoms with Crippen molar-refractivity contribution in [3.8, 4) is 0 Å². The molecule has 19 heavy (non-hydrogen) atoms. The second-order valence-electron chi connectivity index (χ2n) is 5.33. The van der Waals surface area contributed by atoms with Gasteiger partial charge in [-0.15, -0.1) is 0 Å². The van der Waals surface area contributed by atoms with Crippen LogP contribution in [0.25, 0.3) is 0 Å². The maximum absolute atomic E-state index is 12.6. The highest BCUT2D eigenvalue weighted by molar-refractivity contribution is 5.99. The average molecular weight is 261 g/mol. The van der Waals surface area contributed by atoms with E-state index in [0.717, 1.165) is 18.7 Å². The molecule has 1 amide bonds. The molecular weight excluding hydrogens is 238 g/mol. The van der Waals surface area contributed by atoms with Gasteiger partial charge in [0.15, 0.2) is 0 Å². The number of hydrazine groups is 1. The third-order valence-corrected chi connectivity index (χ3v) is 3.93. The van der Waals surface area contributed by atoms with Crippen molar-refractivity contribution in [3.05, 3.63) is 29.3 Å². The van der Waals surface area contributed by atoms with Crippen LogP contribution in [0.5, 0.6) is 0 Å². The van der Waals surface area contributed by atoms with E-state index in [9.17, 15) is 4.79 Å². The van der Waals surface area contributed by atoms with E-state index in [0.29, 0.717) is 17.2 Å². The minimum absolute atomic E-state index is 0.0750. The standard InChI is InChI=1S/C15H23N3O/c1-3-18(10-12-5-4-6-12)15(19)13-9-11(2)7-8-14(13)17-16/h7-9,12,17H,3-6,10,16H2,1-2H3. The maximum atomic E-state index is 12.6. The molecule has 0 radical (unpaired) electrons. The van der Waals surface area contributed by atoms with Gasteiger partial charge in [-0.2, -0.15) is 0 Å². The lowest BCUT2D eigenvalue weighted by Gasteiger charge is -2.32. The summed E-state index contributed by atoms with van der Waals surface area (Å²) in [5.41, 5.74) is 5.05. The number of anilines is 1. The Labute approximate surface area is 114 Å². The zero-order valence-corrected chi connectivity index (χ0v) is 11.8. The third-order valence-electron chi connectivity index (χ3n) is 3.93. The zero-order chi connectivity index (χ0) is 13.8. The predicted octanol–water partition coefficient (Wildman–Crippen LogP) is 2.54. The summed E-state index contributed by atoms with van der Waals surface area (Å²) in [6, 6.07) is 5.72. The van der Waals surface area contributed by atoms with E-state index in [2.05, 4.69) is 5.43 Å². The van der Waals surface area contributed by atoms with Gasteiger partial charge < -0.3 is 10.3 Å². The van der Waals surface area contributed by atoms with Gasteiger partial charge in [0.2, 0.25) is 0 Å². The van der Waals surface area contributed by atoms with E-state index in [-0.39, 0.29) is 5.91 Å². The van der Waals surface area contributed by atoms with Crippen molar-refractivity contribution < 1.29 is 4.79 Å². The second-order valence-corrected chi connectivity index (χ2v) is 5.33. The summed E-state index contributed by atoms with van der Waals surface area (Å²) in [7, 11) is 0. The molecule has 3 N–H and O–H groups in total. The number of carbonyl (C=O) groups is 1. The minimum Gasteiger partial charge on any atom is -0.339 e. The Balaban J connectivity index is 2.17. The van der Waals surface area contributed by atoms with E-state index >= 15 is 0 Å². The fraction of sp³-hybridized carbons (Fsp3) is 0.533. The van der Waals surface area contributed by atoms with Gasteiger partial charge in [0.05, 0.1) is 11.3 Å². The molecule has 0 aromatic heterocycles. The largest absolute Gasteiger partial charge is 0.339 e. The number of nitrogens with zero attached hydrogens (tertiary/aromatic N) is 1. The first-order valence-electron chi connectivity index (χ1n) is 7.02. The Bertz CT molecular complexity index is 455. The van der Waals surface area contributed by atoms with Crippen molar-refractivity contribution in [2.24, 2.45) is 11.8 Å². The maximum Gasteiger partial charge on any atom is 0.256 e. The van der Waals surface area contributed by atoms with E-state index in [1.54, 1.807) is 0 Å². The molecule has 1 fully saturated rings. The summed E-state index contributed by atoms with van der Waals surface area (Å²) in [5.74, 6) is 6.26. The van der Waals surface area contributed by atoms with Gasteiger partial charge in [0, 0.05) is 13.1 Å². The number of carbonyl (C=O) groups excluding carboxylic acids is 1. The summed E-state index contributed by atoms with van der Waals surface area (Å²) < 4.78 is 0. The monoisotopic (exact) mass is 261 g/mol. The van der Waals surface area contributed by atoms with Crippen molar-refractivity contribution in [1.82, 2.24) is 4.90 Å². The van der Waals surface area contributed by atoms with Crippen LogP contribution < -0.4 is 11.3 Å². The van der Waals surface area contributed by atoms with E-state index < -0.39 is 0 Å². The molecule has 0 bridgehead atoms. The molecule has 1 aliphatic carbocycles. The topological polar surface area (TPSA) is 58.4 Å². The first-order chi connectivity index (χ1) is 9.15. The normalized spacial score (nSPS) is 14.9. The Kier molecular flexibility index (Phi) is 4.43. The summed E-state index contributed by atoms with van der Waals surface area (Å²) in [6.45, 7) is 5.63. The predicted molar refractivity (Wildman–Crippen MR) is 77.9 cm³/mol. The van der Waals surface area contributed by atoms with Gasteiger partial charge in [-0.25, -0.2) is 0 Å². The van der Waals surface area contributed by atoms with Gasteiger partial charge in [0.1, 0.15) is 0 Å². The number of amides is 1. The molecule has 1 saturated carbocycles. The quantitative estimate of drug-likeness (QED) is 0.632. The molecule has 0 atom stereocenters. The molecular formula is C15H23N3O. The number of aryl methyl sites for hydroxylation is 1. The summed E-state index contributed by atoms with van der Waals surface area (Å²) in [6.07, 6.45) is 3.80. The molecule has 0 saturated heterocycles. The highest BCUT2D eigenvalue weighted by Gasteiger charge is 2.24. The Morgan fingerprint density at radius 2 is 2.21 bits per heavy atom. The highest BCUT2D eigenvalue weighted by Crippen LogP contribution is 2.28. The van der Waals surface area contributed by atoms with E-state index in [1.807, 2.05) is 36.9 Å². The van der Waals surface area contributed by atoms with Crippen molar-refractivity contribution in [2.45, 2.75) is 33.1 Å². The number of hydrogen-bond acceptors (Lipinski definition) is 3. The van der Waals surface area contributed by atoms with Crippen LogP contribution in [0.15, 0.2) is 18.2 Å². The average Bonchev–Trinajstić information content (AvgIpc) is 2.37. The fourth-order valence-corrected chi connectivity index (χ4v) is 2.47. The lowest BCUT2D eigenvalue weighted by molar-refractivity contribution is 0.0707. The minimum atomic E-state index is 0.0750. The SMILES string of the molecule is CCN(CC1CCC1)C(=O)c1cc(C)ccc1NN. The van der Waals surface area contributed by atoms with Gasteiger partial charge in [-0.05, 0) is 44.7 Å². The van der Waals surface area contributed by atoms with Crippen LogP contribution in [-0.4, -0.2) is 23.9 Å². The van der Waals surface area contributed by atoms with Crippen LogP contribution >= 0.6 is 0 Å². The third kappa shape index (κ3) is 3.07. The molecule has 104 valence electrons. The lowest BCUT2D eigenvalue weighted by Crippen LogP contribution is -2.37. The van der Waals surface area contributed by atoms with E-state index in [4.69, 9.17) is 5.84 Å². The van der Waals surface area contributed by atoms with Crippen LogP contribution in [0.2, 0.25) is 0 Å². The summed E-state index contributed by atoms with van der Waals surface area (Å²) >= 11 is 0. The van der Waals surface area contributed by atoms with Gasteiger partial charge >= 0.3 is 0 Å². The fourth-order valence-electron chi connectivity index (χ4n) is 2.47. The van der Waals surface area contributed by atoms with Crippen LogP contribution in [0.3, 0.4) is 0 Å². The molecule has 0 spiro atoms. The Morgan fingerprint density at radius 1 is 1.47 bits per heavy atom. The van der Waals surface area contributed by atoms with Crippen molar-refractivity contribution in [3.63, 3.8) is 0 Å². The van der Waals surface area contributed by atoms with Crippen LogP contribution in [0.4, 0.5) is 5.69 Å². The molecule has 0 aliphatic heterocycles. The number of nitrogens with two attached hydrogens (primary N) is 1. The molecule has 1 aliphatic rings. The highest BCUT2D eigenvalue weighted by atomic mass is 16.2. The second kappa shape index (κ2) is 6.06. The first kappa shape index (κ1) is 13.9. The first-order valence-corrected chi connectivity index (χ1v) is 7.02. The molecule has 4 nitrogen and oxygen atoms in total. The summed E-state index contributed by atoms with van der Waals surface area (Å²) in [5, 5.41) is 0. The lowest BCUT2D eigenvalue weighted by atomic mass is 9.85. The van der Waals surface area contributed by atoms with Gasteiger partial charge in [0.25, 0.3) is 5.91 Å². The number of benzene rings is 1. The van der Waals surface area contributed by atoms with Gasteiger partial charge in [-0.1, -0.05) is 18.1 Å². The van der Waals surface area contributed by atoms with Crippen LogP contribution in [0, 0.1) is 12.8 Å². The Hall–Kier alpha value is -1.55.